The molecule has 2 rings (SSSR count). The lowest BCUT2D eigenvalue weighted by Crippen LogP contribution is -2.15. The monoisotopic (exact) mass is 370 g/mol. The Bertz CT molecular complexity index is 866. The number of nitrogens with two attached hydrogens (primary N) is 1. The fourth-order valence-corrected chi connectivity index (χ4v) is 3.23. The average molecular weight is 371 g/mol. The SMILES string of the molecule is COc1cc(NS(=O)(=O)c2ccc(C(N)=O)cc2)c(OC)cc1Cl. The van der Waals surface area contributed by atoms with Gasteiger partial charge in [-0.1, -0.05) is 11.6 Å². The van der Waals surface area contributed by atoms with Crippen molar-refractivity contribution in [3.8, 4) is 11.5 Å². The molecule has 0 saturated heterocycles. The number of hydrogen-bond donors (Lipinski definition) is 2. The van der Waals surface area contributed by atoms with E-state index in [1.807, 2.05) is 0 Å². The van der Waals surface area contributed by atoms with Crippen molar-refractivity contribution in [2.24, 2.45) is 5.73 Å². The van der Waals surface area contributed by atoms with Crippen molar-refractivity contribution < 1.29 is 22.7 Å². The topological polar surface area (TPSA) is 108 Å². The first-order valence-corrected chi connectivity index (χ1v) is 8.49. The quantitative estimate of drug-likeness (QED) is 0.810. The molecule has 0 radical (unpaired) electrons. The molecular weight excluding hydrogens is 356 g/mol. The second kappa shape index (κ2) is 6.98. The smallest absolute Gasteiger partial charge is 0.262 e. The van der Waals surface area contributed by atoms with Gasteiger partial charge in [0.15, 0.2) is 0 Å². The number of primary amides is 1. The minimum absolute atomic E-state index is 0.0385. The van der Waals surface area contributed by atoms with Crippen LogP contribution in [0.15, 0.2) is 41.3 Å². The number of anilines is 1. The maximum Gasteiger partial charge on any atom is 0.262 e. The first kappa shape index (κ1) is 17.9. The van der Waals surface area contributed by atoms with Crippen molar-refractivity contribution in [1.29, 1.82) is 0 Å². The van der Waals surface area contributed by atoms with E-state index in [1.54, 1.807) is 0 Å². The fraction of sp³-hybridized carbons (Fsp3) is 0.133. The maximum absolute atomic E-state index is 12.5. The lowest BCUT2D eigenvalue weighted by molar-refractivity contribution is 0.1000. The summed E-state index contributed by atoms with van der Waals surface area (Å²) < 4.78 is 37.6. The lowest BCUT2D eigenvalue weighted by atomic mass is 10.2. The normalized spacial score (nSPS) is 11.0. The molecule has 0 bridgehead atoms. The van der Waals surface area contributed by atoms with Crippen LogP contribution in [0.1, 0.15) is 10.4 Å². The molecule has 0 aromatic heterocycles. The number of hydrogen-bond acceptors (Lipinski definition) is 5. The Balaban J connectivity index is 2.40. The van der Waals surface area contributed by atoms with Gasteiger partial charge >= 0.3 is 0 Å². The summed E-state index contributed by atoms with van der Waals surface area (Å²) in [4.78, 5) is 11.0. The third-order valence-electron chi connectivity index (χ3n) is 3.17. The highest BCUT2D eigenvalue weighted by molar-refractivity contribution is 7.92. The Labute approximate surface area is 144 Å². The van der Waals surface area contributed by atoms with Gasteiger partial charge in [0.2, 0.25) is 5.91 Å². The third-order valence-corrected chi connectivity index (χ3v) is 4.84. The maximum atomic E-state index is 12.5. The van der Waals surface area contributed by atoms with Crippen molar-refractivity contribution in [3.63, 3.8) is 0 Å². The number of benzene rings is 2. The highest BCUT2D eigenvalue weighted by Gasteiger charge is 2.19. The van der Waals surface area contributed by atoms with E-state index in [9.17, 15) is 13.2 Å². The summed E-state index contributed by atoms with van der Waals surface area (Å²) in [6, 6.07) is 8.07. The van der Waals surface area contributed by atoms with E-state index in [1.165, 1.54) is 50.6 Å². The molecule has 0 unspecified atom stereocenters. The Morgan fingerprint density at radius 1 is 1.08 bits per heavy atom. The van der Waals surface area contributed by atoms with E-state index >= 15 is 0 Å². The molecule has 2 aromatic carbocycles. The van der Waals surface area contributed by atoms with Crippen molar-refractivity contribution in [3.05, 3.63) is 47.0 Å². The summed E-state index contributed by atoms with van der Waals surface area (Å²) >= 11 is 5.99. The standard InChI is InChI=1S/C15H15ClN2O5S/c1-22-13-8-12(14(23-2)7-11(13)16)18-24(20,21)10-5-3-9(4-6-10)15(17)19/h3-8,18H,1-2H3,(H2,17,19). The van der Waals surface area contributed by atoms with Crippen LogP contribution in [0.2, 0.25) is 5.02 Å². The first-order valence-electron chi connectivity index (χ1n) is 6.62. The largest absolute Gasteiger partial charge is 0.495 e. The third kappa shape index (κ3) is 3.72. The van der Waals surface area contributed by atoms with E-state index in [4.69, 9.17) is 26.8 Å². The molecule has 0 spiro atoms. The molecule has 2 aromatic rings. The molecule has 0 saturated carbocycles. The van der Waals surface area contributed by atoms with Gasteiger partial charge in [0.1, 0.15) is 11.5 Å². The van der Waals surface area contributed by atoms with Gasteiger partial charge in [0.25, 0.3) is 10.0 Å². The Kier molecular flexibility index (Phi) is 5.20. The Morgan fingerprint density at radius 3 is 2.17 bits per heavy atom. The first-order chi connectivity index (χ1) is 11.3. The van der Waals surface area contributed by atoms with E-state index in [2.05, 4.69) is 4.72 Å². The second-order valence-electron chi connectivity index (χ2n) is 4.68. The van der Waals surface area contributed by atoms with Crippen LogP contribution >= 0.6 is 11.6 Å². The van der Waals surface area contributed by atoms with Crippen LogP contribution in [-0.2, 0) is 10.0 Å². The van der Waals surface area contributed by atoms with Crippen LogP contribution in [0.4, 0.5) is 5.69 Å². The molecule has 1 amide bonds. The van der Waals surface area contributed by atoms with Crippen LogP contribution in [-0.4, -0.2) is 28.5 Å². The number of rotatable bonds is 6. The van der Waals surface area contributed by atoms with Gasteiger partial charge in [0, 0.05) is 17.7 Å². The summed E-state index contributed by atoms with van der Waals surface area (Å²) in [6.07, 6.45) is 0. The van der Waals surface area contributed by atoms with Crippen LogP contribution in [0.25, 0.3) is 0 Å². The molecule has 0 atom stereocenters. The minimum Gasteiger partial charge on any atom is -0.495 e. The Hall–Kier alpha value is -2.45. The van der Waals surface area contributed by atoms with Crippen molar-refractivity contribution in [2.75, 3.05) is 18.9 Å². The van der Waals surface area contributed by atoms with Crippen molar-refractivity contribution >= 4 is 33.2 Å². The fourth-order valence-electron chi connectivity index (χ4n) is 1.94. The highest BCUT2D eigenvalue weighted by atomic mass is 35.5. The zero-order valence-corrected chi connectivity index (χ0v) is 14.4. The minimum atomic E-state index is -3.91. The predicted molar refractivity (Wildman–Crippen MR) is 90.3 cm³/mol. The summed E-state index contributed by atoms with van der Waals surface area (Å²) in [5.41, 5.74) is 5.51. The van der Waals surface area contributed by atoms with Crippen LogP contribution in [0.3, 0.4) is 0 Å². The van der Waals surface area contributed by atoms with Gasteiger partial charge in [0.05, 0.1) is 29.8 Å². The van der Waals surface area contributed by atoms with Gasteiger partial charge in [-0.05, 0) is 24.3 Å². The van der Waals surface area contributed by atoms with Crippen molar-refractivity contribution in [1.82, 2.24) is 0 Å². The molecule has 0 heterocycles. The summed E-state index contributed by atoms with van der Waals surface area (Å²) in [6.45, 7) is 0. The van der Waals surface area contributed by atoms with E-state index in [-0.39, 0.29) is 26.9 Å². The number of methoxy groups -OCH3 is 2. The van der Waals surface area contributed by atoms with Crippen LogP contribution in [0.5, 0.6) is 11.5 Å². The molecule has 0 aliphatic rings. The van der Waals surface area contributed by atoms with E-state index in [0.29, 0.717) is 5.75 Å². The van der Waals surface area contributed by atoms with Crippen LogP contribution < -0.4 is 19.9 Å². The Morgan fingerprint density at radius 2 is 1.67 bits per heavy atom. The number of sulfonamides is 1. The van der Waals surface area contributed by atoms with Gasteiger partial charge < -0.3 is 15.2 Å². The van der Waals surface area contributed by atoms with Gasteiger partial charge in [-0.3, -0.25) is 9.52 Å². The molecule has 7 nitrogen and oxygen atoms in total. The van der Waals surface area contributed by atoms with Crippen LogP contribution in [0, 0.1) is 0 Å². The van der Waals surface area contributed by atoms with Gasteiger partial charge in [-0.15, -0.1) is 0 Å². The average Bonchev–Trinajstić information content (AvgIpc) is 2.55. The summed E-state index contributed by atoms with van der Waals surface area (Å²) in [5.74, 6) is -0.117. The van der Waals surface area contributed by atoms with E-state index < -0.39 is 15.9 Å². The molecule has 0 fully saturated rings. The number of carbonyl (C=O) groups is 1. The molecular formula is C15H15ClN2O5S. The zero-order chi connectivity index (χ0) is 17.9. The van der Waals surface area contributed by atoms with Gasteiger partial charge in [-0.2, -0.15) is 0 Å². The number of ether oxygens (including phenoxy) is 2. The number of amides is 1. The number of carbonyl (C=O) groups excluding carboxylic acids is 1. The molecule has 128 valence electrons. The predicted octanol–water partition coefficient (Wildman–Crippen LogP) is 2.26. The molecule has 9 heteroatoms. The van der Waals surface area contributed by atoms with E-state index in [0.717, 1.165) is 0 Å². The number of nitrogens with one attached hydrogen (secondary N) is 1. The molecule has 24 heavy (non-hydrogen) atoms. The number of halogens is 1. The summed E-state index contributed by atoms with van der Waals surface area (Å²) in [7, 11) is -1.11. The summed E-state index contributed by atoms with van der Waals surface area (Å²) in [5, 5.41) is 0.281. The highest BCUT2D eigenvalue weighted by Crippen LogP contribution is 2.36. The lowest BCUT2D eigenvalue weighted by Gasteiger charge is -2.14. The van der Waals surface area contributed by atoms with Crippen molar-refractivity contribution in [2.45, 2.75) is 4.90 Å². The molecule has 3 N–H and O–H groups in total. The van der Waals surface area contributed by atoms with Gasteiger partial charge in [-0.25, -0.2) is 8.42 Å². The zero-order valence-electron chi connectivity index (χ0n) is 12.9. The second-order valence-corrected chi connectivity index (χ2v) is 6.77. The molecule has 0 aliphatic heterocycles. The molecule has 0 aliphatic carbocycles.